The summed E-state index contributed by atoms with van der Waals surface area (Å²) < 4.78 is 1.20. The average Bonchev–Trinajstić information content (AvgIpc) is 2.31. The van der Waals surface area contributed by atoms with Crippen LogP contribution in [-0.2, 0) is 0 Å². The van der Waals surface area contributed by atoms with Crippen molar-refractivity contribution in [1.82, 2.24) is 0 Å². The van der Waals surface area contributed by atoms with Crippen LogP contribution >= 0.6 is 15.9 Å². The second kappa shape index (κ2) is 5.76. The smallest absolute Gasteiger partial charge is 0.0514 e. The van der Waals surface area contributed by atoms with Crippen LogP contribution in [0.4, 0.5) is 11.4 Å². The maximum Gasteiger partial charge on any atom is 0.0514 e. The number of anilines is 2. The van der Waals surface area contributed by atoms with Gasteiger partial charge in [0.15, 0.2) is 0 Å². The summed E-state index contributed by atoms with van der Waals surface area (Å²) in [6.45, 7) is 6.59. The molecule has 1 aliphatic heterocycles. The molecule has 1 fully saturated rings. The molecule has 3 heteroatoms. The highest BCUT2D eigenvalue weighted by molar-refractivity contribution is 9.10. The predicted molar refractivity (Wildman–Crippen MR) is 79.0 cm³/mol. The van der Waals surface area contributed by atoms with Crippen molar-refractivity contribution in [3.05, 3.63) is 22.7 Å². The van der Waals surface area contributed by atoms with Crippen molar-refractivity contribution >= 4 is 27.3 Å². The van der Waals surface area contributed by atoms with E-state index in [1.165, 1.54) is 41.7 Å². The van der Waals surface area contributed by atoms with Crippen LogP contribution in [0.2, 0.25) is 0 Å². The third-order valence-corrected chi connectivity index (χ3v) is 4.08. The molecule has 2 rings (SSSR count). The first-order valence-electron chi connectivity index (χ1n) is 6.52. The van der Waals surface area contributed by atoms with Gasteiger partial charge < -0.3 is 10.2 Å². The summed E-state index contributed by atoms with van der Waals surface area (Å²) in [5.41, 5.74) is 2.52. The van der Waals surface area contributed by atoms with Crippen molar-refractivity contribution < 1.29 is 0 Å². The quantitative estimate of drug-likeness (QED) is 0.896. The van der Waals surface area contributed by atoms with E-state index in [4.69, 9.17) is 0 Å². The number of rotatable bonds is 3. The van der Waals surface area contributed by atoms with Gasteiger partial charge in [0.05, 0.1) is 5.69 Å². The van der Waals surface area contributed by atoms with E-state index in [9.17, 15) is 0 Å². The van der Waals surface area contributed by atoms with Gasteiger partial charge in [-0.05, 0) is 67.2 Å². The zero-order valence-electron chi connectivity index (χ0n) is 10.7. The van der Waals surface area contributed by atoms with Gasteiger partial charge in [-0.25, -0.2) is 0 Å². The van der Waals surface area contributed by atoms with E-state index in [2.05, 4.69) is 58.2 Å². The first kappa shape index (κ1) is 12.7. The van der Waals surface area contributed by atoms with Crippen LogP contribution in [0.25, 0.3) is 0 Å². The molecule has 94 valence electrons. The van der Waals surface area contributed by atoms with Gasteiger partial charge >= 0.3 is 0 Å². The standard InChI is InChI=1S/C14H21BrN2/c1-3-16-12-7-8-14(13(15)10-12)17-9-5-4-6-11(17)2/h7-8,10-11,16H,3-6,9H2,1-2H3/t11-/m1/s1. The summed E-state index contributed by atoms with van der Waals surface area (Å²) >= 11 is 3.70. The van der Waals surface area contributed by atoms with E-state index >= 15 is 0 Å². The molecule has 0 saturated carbocycles. The Bertz CT molecular complexity index is 378. The average molecular weight is 297 g/mol. The van der Waals surface area contributed by atoms with E-state index in [1.54, 1.807) is 0 Å². The normalized spacial score (nSPS) is 20.4. The van der Waals surface area contributed by atoms with Crippen LogP contribution in [0.5, 0.6) is 0 Å². The highest BCUT2D eigenvalue weighted by atomic mass is 79.9. The van der Waals surface area contributed by atoms with Crippen molar-refractivity contribution in [2.24, 2.45) is 0 Å². The summed E-state index contributed by atoms with van der Waals surface area (Å²) in [6, 6.07) is 7.24. The van der Waals surface area contributed by atoms with Crippen molar-refractivity contribution in [2.45, 2.75) is 39.2 Å². The molecule has 1 N–H and O–H groups in total. The third kappa shape index (κ3) is 2.95. The van der Waals surface area contributed by atoms with Gasteiger partial charge in [0.25, 0.3) is 0 Å². The molecular weight excluding hydrogens is 276 g/mol. The van der Waals surface area contributed by atoms with E-state index in [0.29, 0.717) is 6.04 Å². The lowest BCUT2D eigenvalue weighted by atomic mass is 10.0. The van der Waals surface area contributed by atoms with E-state index in [-0.39, 0.29) is 0 Å². The Morgan fingerprint density at radius 1 is 1.41 bits per heavy atom. The maximum atomic E-state index is 3.70. The molecule has 0 amide bonds. The minimum Gasteiger partial charge on any atom is -0.385 e. The Labute approximate surface area is 113 Å². The number of halogens is 1. The van der Waals surface area contributed by atoms with Crippen LogP contribution < -0.4 is 10.2 Å². The lowest BCUT2D eigenvalue weighted by Gasteiger charge is -2.36. The second-order valence-electron chi connectivity index (χ2n) is 4.73. The fourth-order valence-corrected chi connectivity index (χ4v) is 3.12. The first-order valence-corrected chi connectivity index (χ1v) is 7.31. The topological polar surface area (TPSA) is 15.3 Å². The molecule has 1 atom stereocenters. The van der Waals surface area contributed by atoms with Gasteiger partial charge in [-0.1, -0.05) is 0 Å². The fourth-order valence-electron chi connectivity index (χ4n) is 2.51. The minimum atomic E-state index is 0.657. The van der Waals surface area contributed by atoms with Crippen LogP contribution in [0.15, 0.2) is 22.7 Å². The summed E-state index contributed by atoms with van der Waals surface area (Å²) in [6.07, 6.45) is 3.98. The number of hydrogen-bond donors (Lipinski definition) is 1. The molecule has 1 saturated heterocycles. The molecule has 0 aromatic heterocycles. The van der Waals surface area contributed by atoms with Gasteiger partial charge in [0, 0.05) is 29.3 Å². The van der Waals surface area contributed by atoms with E-state index < -0.39 is 0 Å². The summed E-state index contributed by atoms with van der Waals surface area (Å²) in [7, 11) is 0. The number of hydrogen-bond acceptors (Lipinski definition) is 2. The Kier molecular flexibility index (Phi) is 4.32. The molecule has 0 aliphatic carbocycles. The monoisotopic (exact) mass is 296 g/mol. The molecule has 0 radical (unpaired) electrons. The SMILES string of the molecule is CCNc1ccc(N2CCCC[C@H]2C)c(Br)c1. The number of piperidine rings is 1. The van der Waals surface area contributed by atoms with Gasteiger partial charge in [-0.3, -0.25) is 0 Å². The van der Waals surface area contributed by atoms with Crippen LogP contribution in [0, 0.1) is 0 Å². The molecule has 1 aliphatic rings. The third-order valence-electron chi connectivity index (χ3n) is 3.44. The highest BCUT2D eigenvalue weighted by Crippen LogP contribution is 2.33. The largest absolute Gasteiger partial charge is 0.385 e. The second-order valence-corrected chi connectivity index (χ2v) is 5.59. The lowest BCUT2D eigenvalue weighted by Crippen LogP contribution is -2.37. The molecule has 0 spiro atoms. The molecule has 1 aromatic carbocycles. The van der Waals surface area contributed by atoms with Gasteiger partial charge in [-0.2, -0.15) is 0 Å². The molecule has 0 bridgehead atoms. The maximum absolute atomic E-state index is 3.70. The Morgan fingerprint density at radius 3 is 2.88 bits per heavy atom. The van der Waals surface area contributed by atoms with Crippen molar-refractivity contribution in [1.29, 1.82) is 0 Å². The Balaban J connectivity index is 2.20. The minimum absolute atomic E-state index is 0.657. The predicted octanol–water partition coefficient (Wildman–Crippen LogP) is 4.26. The fraction of sp³-hybridized carbons (Fsp3) is 0.571. The number of nitrogens with zero attached hydrogens (tertiary/aromatic N) is 1. The van der Waals surface area contributed by atoms with Crippen molar-refractivity contribution in [2.75, 3.05) is 23.3 Å². The Hall–Kier alpha value is -0.700. The van der Waals surface area contributed by atoms with E-state index in [0.717, 1.165) is 6.54 Å². The van der Waals surface area contributed by atoms with Crippen molar-refractivity contribution in [3.63, 3.8) is 0 Å². The molecule has 0 unspecified atom stereocenters. The van der Waals surface area contributed by atoms with Crippen LogP contribution in [0.1, 0.15) is 33.1 Å². The molecule has 1 aromatic rings. The molecular formula is C14H21BrN2. The van der Waals surface area contributed by atoms with Crippen LogP contribution in [0.3, 0.4) is 0 Å². The molecule has 17 heavy (non-hydrogen) atoms. The zero-order chi connectivity index (χ0) is 12.3. The first-order chi connectivity index (χ1) is 8.22. The van der Waals surface area contributed by atoms with Crippen molar-refractivity contribution in [3.8, 4) is 0 Å². The Morgan fingerprint density at radius 2 is 2.24 bits per heavy atom. The zero-order valence-corrected chi connectivity index (χ0v) is 12.3. The van der Waals surface area contributed by atoms with Gasteiger partial charge in [0.1, 0.15) is 0 Å². The lowest BCUT2D eigenvalue weighted by molar-refractivity contribution is 0.484. The highest BCUT2D eigenvalue weighted by Gasteiger charge is 2.20. The molecule has 2 nitrogen and oxygen atoms in total. The van der Waals surface area contributed by atoms with E-state index in [1.807, 2.05) is 0 Å². The number of nitrogens with one attached hydrogen (secondary N) is 1. The summed E-state index contributed by atoms with van der Waals surface area (Å²) in [5.74, 6) is 0. The summed E-state index contributed by atoms with van der Waals surface area (Å²) in [4.78, 5) is 2.52. The molecule has 1 heterocycles. The number of benzene rings is 1. The van der Waals surface area contributed by atoms with Gasteiger partial charge in [0.2, 0.25) is 0 Å². The summed E-state index contributed by atoms with van der Waals surface area (Å²) in [5, 5.41) is 3.34. The van der Waals surface area contributed by atoms with Gasteiger partial charge in [-0.15, -0.1) is 0 Å². The van der Waals surface area contributed by atoms with Crippen LogP contribution in [-0.4, -0.2) is 19.1 Å².